The van der Waals surface area contributed by atoms with Gasteiger partial charge in [-0.1, -0.05) is 0 Å². The van der Waals surface area contributed by atoms with E-state index < -0.39 is 5.82 Å². The normalized spacial score (nSPS) is 19.0. The molecule has 2 aliphatic rings. The number of nitrogen functional groups attached to an aromatic ring is 1. The number of hydrogen-bond donors (Lipinski definition) is 6. The van der Waals surface area contributed by atoms with Crippen LogP contribution in [0.5, 0.6) is 0 Å². The molecule has 1 aromatic rings. The first kappa shape index (κ1) is 23.3. The maximum Gasteiger partial charge on any atom is 0.219 e. The number of anilines is 2. The van der Waals surface area contributed by atoms with E-state index in [0.29, 0.717) is 42.9 Å². The van der Waals surface area contributed by atoms with Crippen LogP contribution >= 0.6 is 0 Å². The fraction of sp³-hybridized carbons (Fsp3) is 0.409. The molecule has 2 heterocycles. The number of benzene rings is 1. The summed E-state index contributed by atoms with van der Waals surface area (Å²) >= 11 is 0. The number of rotatable bonds is 7. The Morgan fingerprint density at radius 2 is 2.19 bits per heavy atom. The van der Waals surface area contributed by atoms with Crippen molar-refractivity contribution < 1.29 is 13.9 Å². The molecule has 1 unspecified atom stereocenters. The summed E-state index contributed by atoms with van der Waals surface area (Å²) < 4.78 is 20.5. The number of allylic oxidation sites excluding steroid dienone is 1. The second-order valence-electron chi connectivity index (χ2n) is 7.77. The quantitative estimate of drug-likeness (QED) is 0.216. The molecular weight excluding hydrogens is 413 g/mol. The van der Waals surface area contributed by atoms with Gasteiger partial charge in [0.1, 0.15) is 5.84 Å². The van der Waals surface area contributed by atoms with Gasteiger partial charge < -0.3 is 36.7 Å². The van der Waals surface area contributed by atoms with Crippen LogP contribution in [-0.4, -0.2) is 62.3 Å². The summed E-state index contributed by atoms with van der Waals surface area (Å²) in [6.07, 6.45) is 4.10. The Morgan fingerprint density at radius 3 is 2.81 bits per heavy atom. The van der Waals surface area contributed by atoms with Crippen LogP contribution in [0.4, 0.5) is 15.8 Å². The fourth-order valence-electron chi connectivity index (χ4n) is 3.82. The van der Waals surface area contributed by atoms with E-state index >= 15 is 4.39 Å². The van der Waals surface area contributed by atoms with E-state index in [9.17, 15) is 4.79 Å². The van der Waals surface area contributed by atoms with Gasteiger partial charge in [-0.05, 0) is 18.6 Å². The highest BCUT2D eigenvalue weighted by molar-refractivity contribution is 6.11. The van der Waals surface area contributed by atoms with E-state index in [4.69, 9.17) is 21.3 Å². The molecule has 0 radical (unpaired) electrons. The lowest BCUT2D eigenvalue weighted by atomic mass is 10.0. The molecule has 0 bridgehead atoms. The summed E-state index contributed by atoms with van der Waals surface area (Å²) in [6, 6.07) is 3.25. The van der Waals surface area contributed by atoms with Crippen molar-refractivity contribution in [3.05, 3.63) is 41.0 Å². The Morgan fingerprint density at radius 1 is 1.41 bits per heavy atom. The van der Waals surface area contributed by atoms with Gasteiger partial charge >= 0.3 is 0 Å². The first-order valence-corrected chi connectivity index (χ1v) is 10.5. The Hall–Kier alpha value is -3.40. The third kappa shape index (κ3) is 5.08. The van der Waals surface area contributed by atoms with Crippen molar-refractivity contribution >= 4 is 34.9 Å². The smallest absolute Gasteiger partial charge is 0.219 e. The molecule has 10 heteroatoms. The Kier molecular flexibility index (Phi) is 7.47. The van der Waals surface area contributed by atoms with E-state index in [0.717, 1.165) is 18.3 Å². The number of carbonyl (C=O) groups is 1. The molecule has 172 valence electrons. The Bertz CT molecular complexity index is 967. The number of amidine groups is 1. The number of hydrogen-bond acceptors (Lipinski definition) is 7. The molecule has 1 saturated heterocycles. The van der Waals surface area contributed by atoms with E-state index in [1.807, 2.05) is 0 Å². The van der Waals surface area contributed by atoms with E-state index in [-0.39, 0.29) is 35.7 Å². The lowest BCUT2D eigenvalue weighted by molar-refractivity contribution is -0.128. The van der Waals surface area contributed by atoms with Gasteiger partial charge in [-0.15, -0.1) is 0 Å². The zero-order chi connectivity index (χ0) is 23.3. The second kappa shape index (κ2) is 10.3. The van der Waals surface area contributed by atoms with E-state index in [2.05, 4.69) is 16.0 Å². The first-order valence-electron chi connectivity index (χ1n) is 10.5. The number of carbonyl (C=O) groups excluding carboxylic acids is 1. The third-order valence-electron chi connectivity index (χ3n) is 5.61. The molecule has 1 fully saturated rings. The molecule has 1 amide bonds. The first-order chi connectivity index (χ1) is 15.3. The summed E-state index contributed by atoms with van der Waals surface area (Å²) in [6.45, 7) is 3.59. The highest BCUT2D eigenvalue weighted by Gasteiger charge is 2.27. The van der Waals surface area contributed by atoms with Crippen molar-refractivity contribution in [2.75, 3.05) is 44.4 Å². The van der Waals surface area contributed by atoms with Crippen LogP contribution in [0.2, 0.25) is 0 Å². The molecule has 32 heavy (non-hydrogen) atoms. The van der Waals surface area contributed by atoms with Gasteiger partial charge in [0, 0.05) is 68.4 Å². The zero-order valence-electron chi connectivity index (χ0n) is 18.3. The van der Waals surface area contributed by atoms with Crippen LogP contribution < -0.4 is 21.7 Å². The summed E-state index contributed by atoms with van der Waals surface area (Å²) in [4.78, 5) is 13.6. The van der Waals surface area contributed by atoms with Crippen molar-refractivity contribution in [3.63, 3.8) is 0 Å². The van der Waals surface area contributed by atoms with Gasteiger partial charge in [0.15, 0.2) is 5.82 Å². The average Bonchev–Trinajstić information content (AvgIpc) is 3.29. The number of nitrogens with two attached hydrogens (primary N) is 1. The largest absolute Gasteiger partial charge is 0.396 e. The van der Waals surface area contributed by atoms with Gasteiger partial charge in [-0.2, -0.15) is 0 Å². The Labute approximate surface area is 186 Å². The fourth-order valence-corrected chi connectivity index (χ4v) is 3.82. The minimum absolute atomic E-state index is 0.00135. The predicted molar refractivity (Wildman–Crippen MR) is 124 cm³/mol. The topological polar surface area (TPSA) is 139 Å². The minimum atomic E-state index is -0.699. The molecule has 0 saturated carbocycles. The monoisotopic (exact) mass is 443 g/mol. The van der Waals surface area contributed by atoms with E-state index in [1.54, 1.807) is 24.2 Å². The van der Waals surface area contributed by atoms with Gasteiger partial charge in [0.2, 0.25) is 5.91 Å². The number of amides is 1. The van der Waals surface area contributed by atoms with E-state index in [1.165, 1.54) is 13.0 Å². The van der Waals surface area contributed by atoms with Crippen LogP contribution in [0.25, 0.3) is 5.57 Å². The van der Waals surface area contributed by atoms with Crippen molar-refractivity contribution in [3.8, 4) is 0 Å². The molecule has 3 rings (SSSR count). The lowest BCUT2D eigenvalue weighted by Crippen LogP contribution is -2.42. The van der Waals surface area contributed by atoms with Crippen LogP contribution in [-0.2, 0) is 9.53 Å². The highest BCUT2D eigenvalue weighted by Crippen LogP contribution is 2.29. The second-order valence-corrected chi connectivity index (χ2v) is 7.77. The van der Waals surface area contributed by atoms with Gasteiger partial charge in [0.05, 0.1) is 30.6 Å². The standard InChI is InChI=1S/C22H30FN7O2/c1-13(31)30-7-5-18(28-15-6-8-32-12-15)17(11-30)22(26)29-19-4-3-16(21(25)20(19)23)14(9-24)10-27-2/h3-4,9-10,15,24,27-28H,5-8,11-12,25H2,1-2H3,(H2,26,29)/b14-10+,24-9?. The molecule has 0 aromatic heterocycles. The summed E-state index contributed by atoms with van der Waals surface area (Å²) in [5.74, 6) is -0.773. The number of nitrogens with one attached hydrogen (secondary N) is 5. The molecule has 0 spiro atoms. The van der Waals surface area contributed by atoms with Crippen LogP contribution in [0.1, 0.15) is 25.3 Å². The highest BCUT2D eigenvalue weighted by atomic mass is 19.1. The molecule has 0 aliphatic carbocycles. The molecular formula is C22H30FN7O2. The minimum Gasteiger partial charge on any atom is -0.396 e. The Balaban J connectivity index is 1.87. The van der Waals surface area contributed by atoms with Crippen molar-refractivity contribution in [2.24, 2.45) is 0 Å². The van der Waals surface area contributed by atoms with Crippen molar-refractivity contribution in [2.45, 2.75) is 25.8 Å². The molecule has 7 N–H and O–H groups in total. The van der Waals surface area contributed by atoms with Crippen LogP contribution in [0.3, 0.4) is 0 Å². The third-order valence-corrected chi connectivity index (χ3v) is 5.61. The summed E-state index contributed by atoms with van der Waals surface area (Å²) in [5.41, 5.74) is 8.22. The lowest BCUT2D eigenvalue weighted by Gasteiger charge is -2.32. The molecule has 9 nitrogen and oxygen atoms in total. The number of nitrogens with zero attached hydrogens (tertiary/aromatic N) is 1. The zero-order valence-corrected chi connectivity index (χ0v) is 18.3. The summed E-state index contributed by atoms with van der Waals surface area (Å²) in [5, 5.41) is 25.2. The van der Waals surface area contributed by atoms with Gasteiger partial charge in [-0.3, -0.25) is 10.2 Å². The SMILES string of the molecule is CN/C=C(\C=N)c1ccc(NC(=N)C2=C(NC3CCOC3)CCN(C(C)=O)C2)c(F)c1N. The number of ether oxygens (including phenoxy) is 1. The molecule has 1 aromatic carbocycles. The van der Waals surface area contributed by atoms with Gasteiger partial charge in [0.25, 0.3) is 0 Å². The maximum absolute atomic E-state index is 15.0. The number of halogens is 1. The van der Waals surface area contributed by atoms with Gasteiger partial charge in [-0.25, -0.2) is 4.39 Å². The van der Waals surface area contributed by atoms with Crippen LogP contribution in [0, 0.1) is 16.6 Å². The average molecular weight is 444 g/mol. The van der Waals surface area contributed by atoms with Crippen molar-refractivity contribution in [1.82, 2.24) is 15.5 Å². The van der Waals surface area contributed by atoms with Crippen LogP contribution in [0.15, 0.2) is 29.6 Å². The molecule has 1 atom stereocenters. The maximum atomic E-state index is 15.0. The summed E-state index contributed by atoms with van der Waals surface area (Å²) in [7, 11) is 1.68. The predicted octanol–water partition coefficient (Wildman–Crippen LogP) is 1.89. The van der Waals surface area contributed by atoms with Crippen molar-refractivity contribution in [1.29, 1.82) is 10.8 Å². The molecule has 2 aliphatic heterocycles.